The minimum atomic E-state index is 0.466. The van der Waals surface area contributed by atoms with E-state index in [1.807, 2.05) is 0 Å². The van der Waals surface area contributed by atoms with Gasteiger partial charge in [0, 0.05) is 18.1 Å². The Bertz CT molecular complexity index is 456. The summed E-state index contributed by atoms with van der Waals surface area (Å²) in [7, 11) is 0. The summed E-state index contributed by atoms with van der Waals surface area (Å²) in [5, 5.41) is 3.85. The summed E-state index contributed by atoms with van der Waals surface area (Å²) in [5.74, 6) is 0. The maximum absolute atomic E-state index is 3.85. The van der Waals surface area contributed by atoms with Crippen LogP contribution < -0.4 is 5.32 Å². The molecule has 1 unspecified atom stereocenters. The van der Waals surface area contributed by atoms with Gasteiger partial charge in [-0.15, -0.1) is 0 Å². The number of rotatable bonds is 4. The fourth-order valence-corrected chi connectivity index (χ4v) is 3.63. The van der Waals surface area contributed by atoms with Gasteiger partial charge in [0.2, 0.25) is 0 Å². The SMILES string of the molecule is Cc1ccc(C(C)NC2CCN(C3CC3)CC2)c(C)c1. The zero-order valence-corrected chi connectivity index (χ0v) is 13.2. The molecule has 1 N–H and O–H groups in total. The lowest BCUT2D eigenvalue weighted by Crippen LogP contribution is -2.44. The molecular formula is C18H28N2. The van der Waals surface area contributed by atoms with E-state index >= 15 is 0 Å². The zero-order chi connectivity index (χ0) is 14.1. The highest BCUT2D eigenvalue weighted by Crippen LogP contribution is 2.30. The zero-order valence-electron chi connectivity index (χ0n) is 13.2. The summed E-state index contributed by atoms with van der Waals surface area (Å²) in [4.78, 5) is 2.69. The van der Waals surface area contributed by atoms with Crippen LogP contribution in [-0.4, -0.2) is 30.1 Å². The lowest BCUT2D eigenvalue weighted by molar-refractivity contribution is 0.184. The van der Waals surface area contributed by atoms with E-state index in [2.05, 4.69) is 49.2 Å². The number of aryl methyl sites for hydroxylation is 2. The van der Waals surface area contributed by atoms with Crippen LogP contribution in [0.4, 0.5) is 0 Å². The molecule has 1 aromatic rings. The number of nitrogens with one attached hydrogen (secondary N) is 1. The second-order valence-electron chi connectivity index (χ2n) is 6.79. The predicted molar refractivity (Wildman–Crippen MR) is 85.1 cm³/mol. The van der Waals surface area contributed by atoms with Crippen molar-refractivity contribution in [3.05, 3.63) is 34.9 Å². The monoisotopic (exact) mass is 272 g/mol. The van der Waals surface area contributed by atoms with Gasteiger partial charge >= 0.3 is 0 Å². The third-order valence-electron chi connectivity index (χ3n) is 4.97. The Morgan fingerprint density at radius 3 is 2.40 bits per heavy atom. The minimum absolute atomic E-state index is 0.466. The van der Waals surface area contributed by atoms with Crippen molar-refractivity contribution in [2.24, 2.45) is 0 Å². The van der Waals surface area contributed by atoms with Crippen LogP contribution in [0.1, 0.15) is 55.3 Å². The molecule has 0 radical (unpaired) electrons. The minimum Gasteiger partial charge on any atom is -0.307 e. The summed E-state index contributed by atoms with van der Waals surface area (Å²) in [6, 6.07) is 8.92. The summed E-state index contributed by atoms with van der Waals surface area (Å²) >= 11 is 0. The van der Waals surface area contributed by atoms with Crippen molar-refractivity contribution in [1.29, 1.82) is 0 Å². The molecule has 0 spiro atoms. The first-order chi connectivity index (χ1) is 9.63. The number of piperidine rings is 1. The van der Waals surface area contributed by atoms with Gasteiger partial charge < -0.3 is 10.2 Å². The lowest BCUT2D eigenvalue weighted by atomic mass is 9.97. The van der Waals surface area contributed by atoms with E-state index in [4.69, 9.17) is 0 Å². The van der Waals surface area contributed by atoms with Gasteiger partial charge in [0.1, 0.15) is 0 Å². The molecule has 1 aliphatic heterocycles. The molecule has 0 amide bonds. The van der Waals surface area contributed by atoms with Gasteiger partial charge in [-0.25, -0.2) is 0 Å². The molecule has 0 aromatic heterocycles. The predicted octanol–water partition coefficient (Wildman–Crippen LogP) is 3.58. The van der Waals surface area contributed by atoms with E-state index in [0.717, 1.165) is 6.04 Å². The number of hydrogen-bond donors (Lipinski definition) is 1. The third-order valence-corrected chi connectivity index (χ3v) is 4.97. The Morgan fingerprint density at radius 2 is 1.80 bits per heavy atom. The van der Waals surface area contributed by atoms with Crippen molar-refractivity contribution >= 4 is 0 Å². The summed E-state index contributed by atoms with van der Waals surface area (Å²) in [6.07, 6.45) is 5.51. The summed E-state index contributed by atoms with van der Waals surface area (Å²) in [5.41, 5.74) is 4.23. The Kier molecular flexibility index (Phi) is 4.13. The van der Waals surface area contributed by atoms with E-state index in [1.165, 1.54) is 55.5 Å². The van der Waals surface area contributed by atoms with E-state index in [-0.39, 0.29) is 0 Å². The van der Waals surface area contributed by atoms with E-state index in [0.29, 0.717) is 12.1 Å². The lowest BCUT2D eigenvalue weighted by Gasteiger charge is -2.34. The van der Waals surface area contributed by atoms with Gasteiger partial charge in [-0.3, -0.25) is 0 Å². The molecule has 3 rings (SSSR count). The van der Waals surface area contributed by atoms with Gasteiger partial charge in [0.05, 0.1) is 0 Å². The molecule has 1 aromatic carbocycles. The Hall–Kier alpha value is -0.860. The van der Waals surface area contributed by atoms with Crippen molar-refractivity contribution in [2.75, 3.05) is 13.1 Å². The third kappa shape index (κ3) is 3.24. The highest BCUT2D eigenvalue weighted by Gasteiger charge is 2.32. The van der Waals surface area contributed by atoms with Gasteiger partial charge in [-0.2, -0.15) is 0 Å². The highest BCUT2D eigenvalue weighted by atomic mass is 15.2. The van der Waals surface area contributed by atoms with E-state index < -0.39 is 0 Å². The average molecular weight is 272 g/mol. The van der Waals surface area contributed by atoms with Crippen LogP contribution >= 0.6 is 0 Å². The van der Waals surface area contributed by atoms with Crippen LogP contribution in [0.2, 0.25) is 0 Å². The molecule has 2 heteroatoms. The van der Waals surface area contributed by atoms with Crippen LogP contribution in [0.25, 0.3) is 0 Å². The number of hydrogen-bond acceptors (Lipinski definition) is 2. The van der Waals surface area contributed by atoms with Crippen LogP contribution in [0.15, 0.2) is 18.2 Å². The fraction of sp³-hybridized carbons (Fsp3) is 0.667. The largest absolute Gasteiger partial charge is 0.307 e. The Labute approximate surface area is 123 Å². The van der Waals surface area contributed by atoms with Crippen molar-refractivity contribution in [2.45, 2.75) is 64.6 Å². The number of benzene rings is 1. The van der Waals surface area contributed by atoms with Crippen LogP contribution in [0, 0.1) is 13.8 Å². The molecule has 1 atom stereocenters. The molecule has 2 nitrogen and oxygen atoms in total. The van der Waals surface area contributed by atoms with Crippen LogP contribution in [-0.2, 0) is 0 Å². The fourth-order valence-electron chi connectivity index (χ4n) is 3.63. The normalized spacial score (nSPS) is 22.9. The van der Waals surface area contributed by atoms with Crippen molar-refractivity contribution in [1.82, 2.24) is 10.2 Å². The molecule has 2 fully saturated rings. The molecule has 1 saturated heterocycles. The molecule has 2 aliphatic rings. The summed E-state index contributed by atoms with van der Waals surface area (Å²) < 4.78 is 0. The molecule has 1 heterocycles. The van der Waals surface area contributed by atoms with Gasteiger partial charge in [0.15, 0.2) is 0 Å². The second kappa shape index (κ2) is 5.87. The molecule has 20 heavy (non-hydrogen) atoms. The Morgan fingerprint density at radius 1 is 1.10 bits per heavy atom. The number of nitrogens with zero attached hydrogens (tertiary/aromatic N) is 1. The summed E-state index contributed by atoms with van der Waals surface area (Å²) in [6.45, 7) is 9.30. The Balaban J connectivity index is 1.54. The van der Waals surface area contributed by atoms with Crippen LogP contribution in [0.3, 0.4) is 0 Å². The van der Waals surface area contributed by atoms with E-state index in [1.54, 1.807) is 0 Å². The van der Waals surface area contributed by atoms with Gasteiger partial charge in [0.25, 0.3) is 0 Å². The van der Waals surface area contributed by atoms with Crippen molar-refractivity contribution in [3.8, 4) is 0 Å². The molecule has 110 valence electrons. The molecular weight excluding hydrogens is 244 g/mol. The smallest absolute Gasteiger partial charge is 0.0296 e. The van der Waals surface area contributed by atoms with Gasteiger partial charge in [-0.05, 0) is 70.7 Å². The highest BCUT2D eigenvalue weighted by molar-refractivity contribution is 5.32. The quantitative estimate of drug-likeness (QED) is 0.901. The first kappa shape index (κ1) is 14.1. The average Bonchev–Trinajstić information content (AvgIpc) is 3.23. The number of likely N-dealkylation sites (tertiary alicyclic amines) is 1. The molecule has 1 saturated carbocycles. The first-order valence-corrected chi connectivity index (χ1v) is 8.21. The second-order valence-corrected chi connectivity index (χ2v) is 6.79. The van der Waals surface area contributed by atoms with Crippen molar-refractivity contribution in [3.63, 3.8) is 0 Å². The molecule has 0 bridgehead atoms. The van der Waals surface area contributed by atoms with E-state index in [9.17, 15) is 0 Å². The maximum Gasteiger partial charge on any atom is 0.0296 e. The first-order valence-electron chi connectivity index (χ1n) is 8.21. The topological polar surface area (TPSA) is 15.3 Å². The maximum atomic E-state index is 3.85. The van der Waals surface area contributed by atoms with Crippen LogP contribution in [0.5, 0.6) is 0 Å². The van der Waals surface area contributed by atoms with Gasteiger partial charge in [-0.1, -0.05) is 23.8 Å². The van der Waals surface area contributed by atoms with Crippen molar-refractivity contribution < 1.29 is 0 Å². The molecule has 1 aliphatic carbocycles. The standard InChI is InChI=1S/C18H28N2/c1-13-4-7-18(14(2)12-13)15(3)19-16-8-10-20(11-9-16)17-5-6-17/h4,7,12,15-17,19H,5-6,8-11H2,1-3H3.